The van der Waals surface area contributed by atoms with Crippen LogP contribution in [-0.4, -0.2) is 37.4 Å². The van der Waals surface area contributed by atoms with Gasteiger partial charge < -0.3 is 24.9 Å². The Kier molecular flexibility index (Phi) is 6.38. The molecule has 1 aliphatic carbocycles. The van der Waals surface area contributed by atoms with E-state index in [4.69, 9.17) is 19.6 Å². The van der Waals surface area contributed by atoms with Crippen LogP contribution in [0.15, 0.2) is 0 Å². The van der Waals surface area contributed by atoms with Crippen molar-refractivity contribution in [1.82, 2.24) is 5.32 Å². The van der Waals surface area contributed by atoms with Crippen LogP contribution in [0.1, 0.15) is 38.5 Å². The van der Waals surface area contributed by atoms with Gasteiger partial charge in [-0.15, -0.1) is 0 Å². The molecule has 1 fully saturated rings. The first kappa shape index (κ1) is 17.8. The largest absolute Gasteiger partial charge is 0.356 e. The highest BCUT2D eigenvalue weighted by molar-refractivity contribution is 7.70. The number of carbonyl (C=O) groups excluding carboxylic acids is 1. The Morgan fingerprint density at radius 1 is 1.05 bits per heavy atom. The van der Waals surface area contributed by atoms with E-state index in [1.54, 1.807) is 0 Å². The summed E-state index contributed by atoms with van der Waals surface area (Å²) in [6, 6.07) is 0. The SMILES string of the molecule is O=C(NCCC(P(=O)(O)O)P(=O)(O)O)C1CCCCC1. The minimum absolute atomic E-state index is 0.104. The third kappa shape index (κ3) is 5.64. The van der Waals surface area contributed by atoms with E-state index in [1.165, 1.54) is 0 Å². The number of carbonyl (C=O) groups is 1. The number of nitrogens with one attached hydrogen (secondary N) is 1. The number of hydrogen-bond acceptors (Lipinski definition) is 3. The summed E-state index contributed by atoms with van der Waals surface area (Å²) in [7, 11) is -9.81. The van der Waals surface area contributed by atoms with Crippen molar-refractivity contribution in [2.24, 2.45) is 5.92 Å². The molecule has 0 radical (unpaired) electrons. The standard InChI is InChI=1S/C10H21NO7P2/c12-10(8-4-2-1-3-5-8)11-7-6-9(19(13,14)15)20(16,17)18/h8-9H,1-7H2,(H,11,12)(H2,13,14,15)(H2,16,17,18). The van der Waals surface area contributed by atoms with Crippen molar-refractivity contribution in [3.05, 3.63) is 0 Å². The molecule has 5 N–H and O–H groups in total. The molecule has 0 spiro atoms. The van der Waals surface area contributed by atoms with E-state index in [1.807, 2.05) is 0 Å². The molecule has 0 aromatic rings. The van der Waals surface area contributed by atoms with Gasteiger partial charge in [-0.2, -0.15) is 0 Å². The molecule has 118 valence electrons. The topological polar surface area (TPSA) is 144 Å². The zero-order valence-corrected chi connectivity index (χ0v) is 12.8. The second kappa shape index (κ2) is 7.16. The highest BCUT2D eigenvalue weighted by atomic mass is 31.2. The average molecular weight is 329 g/mol. The predicted molar refractivity (Wildman–Crippen MR) is 72.1 cm³/mol. The van der Waals surface area contributed by atoms with Crippen molar-refractivity contribution in [2.75, 3.05) is 6.54 Å². The van der Waals surface area contributed by atoms with E-state index in [2.05, 4.69) is 5.32 Å². The normalized spacial score (nSPS) is 18.2. The van der Waals surface area contributed by atoms with Crippen LogP contribution >= 0.6 is 15.2 Å². The Labute approximate surface area is 117 Å². The van der Waals surface area contributed by atoms with Crippen LogP contribution in [0.3, 0.4) is 0 Å². The van der Waals surface area contributed by atoms with Crippen LogP contribution in [0, 0.1) is 5.92 Å². The molecular formula is C10H21NO7P2. The molecule has 0 aliphatic heterocycles. The van der Waals surface area contributed by atoms with Gasteiger partial charge in [-0.05, 0) is 19.3 Å². The number of rotatable bonds is 6. The van der Waals surface area contributed by atoms with Gasteiger partial charge >= 0.3 is 15.2 Å². The fourth-order valence-electron chi connectivity index (χ4n) is 2.37. The average Bonchev–Trinajstić information content (AvgIpc) is 2.32. The fourth-order valence-corrected chi connectivity index (χ4v) is 4.86. The summed E-state index contributed by atoms with van der Waals surface area (Å²) < 4.78 is 22.1. The molecule has 1 rings (SSSR count). The van der Waals surface area contributed by atoms with Gasteiger partial charge in [-0.3, -0.25) is 13.9 Å². The van der Waals surface area contributed by atoms with Gasteiger partial charge in [0.25, 0.3) is 0 Å². The minimum Gasteiger partial charge on any atom is -0.356 e. The second-order valence-corrected chi connectivity index (χ2v) is 9.08. The fraction of sp³-hybridized carbons (Fsp3) is 0.900. The molecule has 0 atom stereocenters. The lowest BCUT2D eigenvalue weighted by Gasteiger charge is -2.22. The van der Waals surface area contributed by atoms with E-state index in [-0.39, 0.29) is 18.4 Å². The zero-order chi connectivity index (χ0) is 15.4. The summed E-state index contributed by atoms with van der Waals surface area (Å²) in [4.78, 5) is 47.5. The van der Waals surface area contributed by atoms with Gasteiger partial charge in [0, 0.05) is 12.5 Å². The van der Waals surface area contributed by atoms with Crippen LogP contribution in [0.5, 0.6) is 0 Å². The molecule has 0 heterocycles. The van der Waals surface area contributed by atoms with Crippen molar-refractivity contribution >= 4 is 21.1 Å². The Morgan fingerprint density at radius 3 is 2.00 bits per heavy atom. The Hall–Kier alpha value is -0.230. The van der Waals surface area contributed by atoms with E-state index in [9.17, 15) is 13.9 Å². The van der Waals surface area contributed by atoms with E-state index >= 15 is 0 Å². The van der Waals surface area contributed by atoms with E-state index in [0.717, 1.165) is 32.1 Å². The van der Waals surface area contributed by atoms with Crippen LogP contribution in [0.25, 0.3) is 0 Å². The molecule has 1 aliphatic rings. The maximum absolute atomic E-state index is 11.8. The maximum Gasteiger partial charge on any atom is 0.340 e. The van der Waals surface area contributed by atoms with E-state index < -0.39 is 27.0 Å². The molecule has 20 heavy (non-hydrogen) atoms. The van der Waals surface area contributed by atoms with Gasteiger partial charge in [0.2, 0.25) is 5.91 Å². The number of amides is 1. The highest BCUT2D eigenvalue weighted by Crippen LogP contribution is 2.61. The van der Waals surface area contributed by atoms with Crippen molar-refractivity contribution in [1.29, 1.82) is 0 Å². The lowest BCUT2D eigenvalue weighted by Crippen LogP contribution is -2.33. The summed E-state index contributed by atoms with van der Waals surface area (Å²) in [5.41, 5.74) is 0. The molecule has 0 bridgehead atoms. The zero-order valence-electron chi connectivity index (χ0n) is 11.0. The van der Waals surface area contributed by atoms with Gasteiger partial charge in [0.15, 0.2) is 5.40 Å². The minimum atomic E-state index is -4.90. The quantitative estimate of drug-likeness (QED) is 0.452. The van der Waals surface area contributed by atoms with Gasteiger partial charge in [-0.1, -0.05) is 19.3 Å². The van der Waals surface area contributed by atoms with Crippen LogP contribution < -0.4 is 5.32 Å². The third-order valence-electron chi connectivity index (χ3n) is 3.45. The molecule has 1 amide bonds. The Morgan fingerprint density at radius 2 is 1.55 bits per heavy atom. The summed E-state index contributed by atoms with van der Waals surface area (Å²) in [5, 5.41) is 0.447. The van der Waals surface area contributed by atoms with Crippen LogP contribution in [-0.2, 0) is 13.9 Å². The van der Waals surface area contributed by atoms with Gasteiger partial charge in [0.1, 0.15) is 0 Å². The van der Waals surface area contributed by atoms with Gasteiger partial charge in [-0.25, -0.2) is 0 Å². The molecule has 0 saturated heterocycles. The second-order valence-electron chi connectivity index (χ2n) is 5.07. The van der Waals surface area contributed by atoms with Crippen molar-refractivity contribution in [3.63, 3.8) is 0 Å². The molecule has 0 unspecified atom stereocenters. The van der Waals surface area contributed by atoms with Gasteiger partial charge in [0.05, 0.1) is 0 Å². The third-order valence-corrected chi connectivity index (χ3v) is 7.33. The summed E-state index contributed by atoms with van der Waals surface area (Å²) in [5.74, 6) is -0.313. The molecule has 0 aromatic carbocycles. The summed E-state index contributed by atoms with van der Waals surface area (Å²) >= 11 is 0. The molecular weight excluding hydrogens is 308 g/mol. The van der Waals surface area contributed by atoms with Crippen molar-refractivity contribution in [3.8, 4) is 0 Å². The first-order valence-corrected chi connectivity index (χ1v) is 9.87. The van der Waals surface area contributed by atoms with Crippen LogP contribution in [0.2, 0.25) is 0 Å². The number of hydrogen-bond donors (Lipinski definition) is 5. The first-order chi connectivity index (χ1) is 9.12. The van der Waals surface area contributed by atoms with Crippen molar-refractivity contribution in [2.45, 2.75) is 43.9 Å². The van der Waals surface area contributed by atoms with E-state index in [0.29, 0.717) is 0 Å². The molecule has 10 heteroatoms. The smallest absolute Gasteiger partial charge is 0.340 e. The summed E-state index contributed by atoms with van der Waals surface area (Å²) in [6.45, 7) is -0.157. The Bertz CT molecular complexity index is 401. The summed E-state index contributed by atoms with van der Waals surface area (Å²) in [6.07, 6.45) is 4.17. The first-order valence-electron chi connectivity index (χ1n) is 6.50. The molecule has 8 nitrogen and oxygen atoms in total. The van der Waals surface area contributed by atoms with Crippen LogP contribution in [0.4, 0.5) is 0 Å². The molecule has 1 saturated carbocycles. The highest BCUT2D eigenvalue weighted by Gasteiger charge is 2.42. The maximum atomic E-state index is 11.8. The lowest BCUT2D eigenvalue weighted by atomic mass is 9.89. The monoisotopic (exact) mass is 329 g/mol. The lowest BCUT2D eigenvalue weighted by molar-refractivity contribution is -0.125. The van der Waals surface area contributed by atoms with Crippen molar-refractivity contribution < 1.29 is 33.5 Å². The Balaban J connectivity index is 2.46. The molecule has 0 aromatic heterocycles. The predicted octanol–water partition coefficient (Wildman–Crippen LogP) is 0.754.